The van der Waals surface area contributed by atoms with Crippen molar-refractivity contribution in [1.29, 1.82) is 0 Å². The van der Waals surface area contributed by atoms with Gasteiger partial charge in [0.2, 0.25) is 11.8 Å². The Hall–Kier alpha value is -0.800. The van der Waals surface area contributed by atoms with Crippen LogP contribution in [0.4, 0.5) is 0 Å². The summed E-state index contributed by atoms with van der Waals surface area (Å²) in [7, 11) is -3.15. The van der Waals surface area contributed by atoms with Gasteiger partial charge in [0.15, 0.2) is 9.84 Å². The number of rotatable bonds is 4. The second-order valence-electron chi connectivity index (χ2n) is 4.14. The molecule has 0 radical (unpaired) electrons. The van der Waals surface area contributed by atoms with E-state index in [4.69, 9.17) is 16.0 Å². The lowest BCUT2D eigenvalue weighted by Gasteiger charge is -2.13. The number of nitrogens with zero attached hydrogens (tertiary/aromatic N) is 2. The molecule has 0 spiro atoms. The third-order valence-corrected chi connectivity index (χ3v) is 5.66. The molecule has 10 heteroatoms. The van der Waals surface area contributed by atoms with Crippen LogP contribution in [0.15, 0.2) is 9.64 Å². The molecule has 0 unspecified atom stereocenters. The highest BCUT2D eigenvalue weighted by atomic mass is 35.5. The Morgan fingerprint density at radius 1 is 1.53 bits per heavy atom. The van der Waals surface area contributed by atoms with Crippen molar-refractivity contribution in [3.05, 3.63) is 5.89 Å². The molecular formula is C9H12ClN3O4S2. The largest absolute Gasteiger partial charge is 0.416 e. The van der Waals surface area contributed by atoms with Crippen LogP contribution in [-0.2, 0) is 14.6 Å². The van der Waals surface area contributed by atoms with E-state index in [1.807, 2.05) is 0 Å². The third-order valence-electron chi connectivity index (χ3n) is 2.46. The Morgan fingerprint density at radius 3 is 2.79 bits per heavy atom. The van der Waals surface area contributed by atoms with Crippen molar-refractivity contribution in [2.45, 2.75) is 23.6 Å². The molecule has 1 N–H and O–H groups in total. The summed E-state index contributed by atoms with van der Waals surface area (Å²) in [6.45, 7) is 1.65. The van der Waals surface area contributed by atoms with Crippen molar-refractivity contribution in [1.82, 2.24) is 15.5 Å². The van der Waals surface area contributed by atoms with Crippen LogP contribution in [0.3, 0.4) is 0 Å². The van der Waals surface area contributed by atoms with E-state index in [0.29, 0.717) is 11.1 Å². The zero-order valence-electron chi connectivity index (χ0n) is 10.00. The first-order valence-electron chi connectivity index (χ1n) is 5.42. The molecule has 2 heterocycles. The van der Waals surface area contributed by atoms with E-state index in [-0.39, 0.29) is 23.2 Å². The predicted molar refractivity (Wildman–Crippen MR) is 70.0 cm³/mol. The molecule has 0 aromatic carbocycles. The van der Waals surface area contributed by atoms with Crippen molar-refractivity contribution in [2.75, 3.05) is 17.3 Å². The van der Waals surface area contributed by atoms with E-state index in [1.54, 1.807) is 6.92 Å². The highest BCUT2D eigenvalue weighted by molar-refractivity contribution is 7.99. The molecule has 2 rings (SSSR count). The fourth-order valence-corrected chi connectivity index (χ4v) is 4.82. The summed E-state index contributed by atoms with van der Waals surface area (Å²) in [6.07, 6.45) is 0. The number of sulfone groups is 1. The summed E-state index contributed by atoms with van der Waals surface area (Å²) < 4.78 is 27.8. The minimum Gasteiger partial charge on any atom is -0.416 e. The lowest BCUT2D eigenvalue weighted by Crippen LogP contribution is -2.41. The summed E-state index contributed by atoms with van der Waals surface area (Å²) in [5.74, 6) is -0.0339. The maximum atomic E-state index is 11.7. The number of hydrogen-bond acceptors (Lipinski definition) is 7. The maximum absolute atomic E-state index is 11.7. The van der Waals surface area contributed by atoms with Gasteiger partial charge in [0.1, 0.15) is 0 Å². The minimum absolute atomic E-state index is 0.0712. The number of hydrogen-bond donors (Lipinski definition) is 1. The number of amides is 1. The number of aryl methyl sites for hydroxylation is 1. The quantitative estimate of drug-likeness (QED) is 0.613. The summed E-state index contributed by atoms with van der Waals surface area (Å²) >= 11 is 6.97. The Morgan fingerprint density at radius 2 is 2.26 bits per heavy atom. The van der Waals surface area contributed by atoms with Gasteiger partial charge in [0.25, 0.3) is 5.22 Å². The fraction of sp³-hybridized carbons (Fsp3) is 0.667. The lowest BCUT2D eigenvalue weighted by atomic mass is 10.2. The average molecular weight is 326 g/mol. The monoisotopic (exact) mass is 325 g/mol. The van der Waals surface area contributed by atoms with E-state index < -0.39 is 21.3 Å². The molecule has 0 bridgehead atoms. The van der Waals surface area contributed by atoms with Crippen molar-refractivity contribution < 1.29 is 17.6 Å². The lowest BCUT2D eigenvalue weighted by molar-refractivity contribution is -0.119. The van der Waals surface area contributed by atoms with Gasteiger partial charge >= 0.3 is 0 Å². The van der Waals surface area contributed by atoms with Gasteiger partial charge in [-0.05, 0) is 0 Å². The van der Waals surface area contributed by atoms with Crippen LogP contribution < -0.4 is 5.32 Å². The first-order valence-corrected chi connectivity index (χ1v) is 8.67. The molecule has 0 saturated carbocycles. The standard InChI is InChI=1S/C9H12ClN3O4S2/c1-5-12-13-9(17-5)18-2-8(14)11-7-4-19(15,16)3-6(7)10/h6-7H,2-4H2,1H3,(H,11,14)/t6-,7+/m0/s1. The molecule has 19 heavy (non-hydrogen) atoms. The molecular weight excluding hydrogens is 314 g/mol. The van der Waals surface area contributed by atoms with Gasteiger partial charge in [0, 0.05) is 6.92 Å². The van der Waals surface area contributed by atoms with Gasteiger partial charge in [-0.3, -0.25) is 4.79 Å². The normalized spacial score (nSPS) is 25.4. The van der Waals surface area contributed by atoms with Crippen LogP contribution in [0, 0.1) is 6.92 Å². The molecule has 1 fully saturated rings. The van der Waals surface area contributed by atoms with Gasteiger partial charge in [0.05, 0.1) is 28.7 Å². The molecule has 7 nitrogen and oxygen atoms in total. The third kappa shape index (κ3) is 4.08. The second-order valence-corrected chi connectivity index (χ2v) is 7.78. The topological polar surface area (TPSA) is 102 Å². The zero-order valence-corrected chi connectivity index (χ0v) is 12.4. The number of thioether (sulfide) groups is 1. The smallest absolute Gasteiger partial charge is 0.277 e. The Kier molecular flexibility index (Phi) is 4.36. The Labute approximate surface area is 119 Å². The fourth-order valence-electron chi connectivity index (χ4n) is 1.65. The molecule has 1 saturated heterocycles. The molecule has 2 atom stereocenters. The molecule has 1 aromatic rings. The molecule has 1 aliphatic rings. The summed E-state index contributed by atoms with van der Waals surface area (Å²) in [4.78, 5) is 11.7. The SMILES string of the molecule is Cc1nnc(SCC(=O)N[C@@H]2CS(=O)(=O)C[C@@H]2Cl)o1. The molecule has 1 amide bonds. The van der Waals surface area contributed by atoms with Crippen molar-refractivity contribution in [3.8, 4) is 0 Å². The predicted octanol–water partition coefficient (Wildman–Crippen LogP) is -0.00928. The number of carbonyl (C=O) groups excluding carboxylic acids is 1. The van der Waals surface area contributed by atoms with Gasteiger partial charge < -0.3 is 9.73 Å². The maximum Gasteiger partial charge on any atom is 0.277 e. The molecule has 106 valence electrons. The Balaban J connectivity index is 1.82. The molecule has 1 aliphatic heterocycles. The zero-order chi connectivity index (χ0) is 14.0. The van der Waals surface area contributed by atoms with Crippen LogP contribution >= 0.6 is 23.4 Å². The first kappa shape index (κ1) is 14.6. The summed E-state index contributed by atoms with van der Waals surface area (Å²) in [5.41, 5.74) is 0. The van der Waals surface area contributed by atoms with Crippen molar-refractivity contribution in [3.63, 3.8) is 0 Å². The number of halogens is 1. The first-order chi connectivity index (χ1) is 8.85. The number of alkyl halides is 1. The van der Waals surface area contributed by atoms with Crippen molar-refractivity contribution in [2.24, 2.45) is 0 Å². The van der Waals surface area contributed by atoms with Gasteiger partial charge in [-0.15, -0.1) is 21.8 Å². The van der Waals surface area contributed by atoms with E-state index in [1.165, 1.54) is 0 Å². The molecule has 0 aliphatic carbocycles. The van der Waals surface area contributed by atoms with E-state index in [0.717, 1.165) is 11.8 Å². The van der Waals surface area contributed by atoms with Crippen LogP contribution in [0.25, 0.3) is 0 Å². The second kappa shape index (κ2) is 5.68. The Bertz CT molecular complexity index is 574. The van der Waals surface area contributed by atoms with E-state index >= 15 is 0 Å². The number of nitrogens with one attached hydrogen (secondary N) is 1. The van der Waals surface area contributed by atoms with Crippen LogP contribution in [0.5, 0.6) is 0 Å². The van der Waals surface area contributed by atoms with Crippen LogP contribution in [0.2, 0.25) is 0 Å². The van der Waals surface area contributed by atoms with Crippen LogP contribution in [0.1, 0.15) is 5.89 Å². The van der Waals surface area contributed by atoms with Gasteiger partial charge in [-0.1, -0.05) is 11.8 Å². The number of aromatic nitrogens is 2. The minimum atomic E-state index is -3.15. The van der Waals surface area contributed by atoms with Gasteiger partial charge in [-0.2, -0.15) is 0 Å². The summed E-state index contributed by atoms with van der Waals surface area (Å²) in [6, 6.07) is -0.538. The van der Waals surface area contributed by atoms with Crippen molar-refractivity contribution >= 4 is 39.1 Å². The highest BCUT2D eigenvalue weighted by Gasteiger charge is 2.37. The average Bonchev–Trinajstić information content (AvgIpc) is 2.80. The molecule has 1 aromatic heterocycles. The van der Waals surface area contributed by atoms with E-state index in [2.05, 4.69) is 15.5 Å². The van der Waals surface area contributed by atoms with Crippen LogP contribution in [-0.4, -0.2) is 53.2 Å². The highest BCUT2D eigenvalue weighted by Crippen LogP contribution is 2.19. The number of carbonyl (C=O) groups is 1. The van der Waals surface area contributed by atoms with E-state index in [9.17, 15) is 13.2 Å². The van der Waals surface area contributed by atoms with Gasteiger partial charge in [-0.25, -0.2) is 8.42 Å². The summed E-state index contributed by atoms with van der Waals surface area (Å²) in [5, 5.41) is 9.68.